The SMILES string of the molecule is C#CC#CCC/C=C\C=C/C(=O)NCC(C)C. The van der Waals surface area contributed by atoms with Crippen LogP contribution in [0.2, 0.25) is 0 Å². The van der Waals surface area contributed by atoms with Gasteiger partial charge in [0, 0.05) is 19.0 Å². The molecule has 0 atom stereocenters. The minimum absolute atomic E-state index is 0.0597. The maximum absolute atomic E-state index is 11.2. The number of rotatable bonds is 6. The van der Waals surface area contributed by atoms with Crippen LogP contribution in [0, 0.1) is 30.1 Å². The first kappa shape index (κ1) is 15.1. The second-order valence-corrected chi connectivity index (χ2v) is 3.91. The summed E-state index contributed by atoms with van der Waals surface area (Å²) in [4.78, 5) is 11.2. The van der Waals surface area contributed by atoms with Crippen LogP contribution >= 0.6 is 0 Å². The molecule has 17 heavy (non-hydrogen) atoms. The fourth-order valence-corrected chi connectivity index (χ4v) is 0.950. The molecule has 0 radical (unpaired) electrons. The molecule has 2 heteroatoms. The number of hydrogen-bond acceptors (Lipinski definition) is 1. The molecule has 0 saturated heterocycles. The molecule has 1 N–H and O–H groups in total. The van der Waals surface area contributed by atoms with Gasteiger partial charge < -0.3 is 5.32 Å². The van der Waals surface area contributed by atoms with Gasteiger partial charge in [0.2, 0.25) is 5.91 Å². The van der Waals surface area contributed by atoms with Crippen molar-refractivity contribution in [2.24, 2.45) is 5.92 Å². The lowest BCUT2D eigenvalue weighted by atomic mass is 10.2. The van der Waals surface area contributed by atoms with Gasteiger partial charge in [-0.25, -0.2) is 0 Å². The number of nitrogens with one attached hydrogen (secondary N) is 1. The van der Waals surface area contributed by atoms with E-state index in [2.05, 4.69) is 36.9 Å². The molecule has 0 aliphatic carbocycles. The number of carbonyl (C=O) groups is 1. The maximum atomic E-state index is 11.2. The Labute approximate surface area is 104 Å². The summed E-state index contributed by atoms with van der Waals surface area (Å²) in [5.74, 6) is 8.04. The molecule has 0 aromatic rings. The molecule has 0 spiro atoms. The van der Waals surface area contributed by atoms with Crippen molar-refractivity contribution in [1.82, 2.24) is 5.32 Å². The number of unbranched alkanes of at least 4 members (excludes halogenated alkanes) is 1. The Hall–Kier alpha value is -1.93. The number of terminal acetylenes is 1. The largest absolute Gasteiger partial charge is 0.352 e. The van der Waals surface area contributed by atoms with Crippen molar-refractivity contribution in [1.29, 1.82) is 0 Å². The van der Waals surface area contributed by atoms with Gasteiger partial charge in [0.15, 0.2) is 0 Å². The van der Waals surface area contributed by atoms with E-state index in [1.807, 2.05) is 12.2 Å². The van der Waals surface area contributed by atoms with Crippen LogP contribution in [0.25, 0.3) is 0 Å². The van der Waals surface area contributed by atoms with E-state index in [0.717, 1.165) is 12.8 Å². The predicted octanol–water partition coefficient (Wildman–Crippen LogP) is 2.29. The van der Waals surface area contributed by atoms with Gasteiger partial charge in [-0.05, 0) is 24.2 Å². The van der Waals surface area contributed by atoms with Crippen molar-refractivity contribution in [3.05, 3.63) is 24.3 Å². The Kier molecular flexibility index (Phi) is 9.38. The zero-order chi connectivity index (χ0) is 12.9. The number of hydrogen-bond donors (Lipinski definition) is 1. The molecule has 0 aromatic heterocycles. The average Bonchev–Trinajstić information content (AvgIpc) is 2.30. The number of carbonyl (C=O) groups excluding carboxylic acids is 1. The van der Waals surface area contributed by atoms with Gasteiger partial charge in [-0.1, -0.05) is 38.0 Å². The summed E-state index contributed by atoms with van der Waals surface area (Å²) in [7, 11) is 0. The van der Waals surface area contributed by atoms with Crippen LogP contribution in [-0.4, -0.2) is 12.5 Å². The van der Waals surface area contributed by atoms with Crippen molar-refractivity contribution in [3.63, 3.8) is 0 Å². The highest BCUT2D eigenvalue weighted by Crippen LogP contribution is 1.90. The molecule has 0 fully saturated rings. The average molecular weight is 229 g/mol. The summed E-state index contributed by atoms with van der Waals surface area (Å²) in [5.41, 5.74) is 0. The van der Waals surface area contributed by atoms with E-state index in [1.54, 1.807) is 6.08 Å². The third-order valence-corrected chi connectivity index (χ3v) is 1.78. The van der Waals surface area contributed by atoms with Crippen molar-refractivity contribution < 1.29 is 4.79 Å². The van der Waals surface area contributed by atoms with E-state index in [0.29, 0.717) is 12.5 Å². The minimum atomic E-state index is -0.0597. The van der Waals surface area contributed by atoms with Gasteiger partial charge in [-0.3, -0.25) is 4.79 Å². The van der Waals surface area contributed by atoms with Crippen LogP contribution in [0.4, 0.5) is 0 Å². The van der Waals surface area contributed by atoms with Crippen molar-refractivity contribution >= 4 is 5.91 Å². The second-order valence-electron chi connectivity index (χ2n) is 3.91. The van der Waals surface area contributed by atoms with Crippen molar-refractivity contribution in [2.45, 2.75) is 26.7 Å². The molecule has 0 unspecified atom stereocenters. The van der Waals surface area contributed by atoms with E-state index < -0.39 is 0 Å². The third-order valence-electron chi connectivity index (χ3n) is 1.78. The van der Waals surface area contributed by atoms with Crippen LogP contribution in [0.1, 0.15) is 26.7 Å². The third kappa shape index (κ3) is 12.0. The van der Waals surface area contributed by atoms with E-state index in [-0.39, 0.29) is 5.91 Å². The summed E-state index contributed by atoms with van der Waals surface area (Å²) in [6.45, 7) is 4.82. The molecular weight excluding hydrogens is 210 g/mol. The Morgan fingerprint density at radius 1 is 1.41 bits per heavy atom. The molecular formula is C15H19NO. The quantitative estimate of drug-likeness (QED) is 0.322. The fourth-order valence-electron chi connectivity index (χ4n) is 0.950. The summed E-state index contributed by atoms with van der Waals surface area (Å²) < 4.78 is 0. The lowest BCUT2D eigenvalue weighted by Crippen LogP contribution is -2.25. The highest BCUT2D eigenvalue weighted by atomic mass is 16.1. The zero-order valence-electron chi connectivity index (χ0n) is 10.5. The smallest absolute Gasteiger partial charge is 0.243 e. The van der Waals surface area contributed by atoms with Crippen LogP contribution < -0.4 is 5.32 Å². The van der Waals surface area contributed by atoms with Gasteiger partial charge >= 0.3 is 0 Å². The van der Waals surface area contributed by atoms with Crippen molar-refractivity contribution in [2.75, 3.05) is 6.54 Å². The highest BCUT2D eigenvalue weighted by Gasteiger charge is 1.95. The normalized spacial score (nSPS) is 10.2. The minimum Gasteiger partial charge on any atom is -0.352 e. The van der Waals surface area contributed by atoms with Crippen LogP contribution in [-0.2, 0) is 4.79 Å². The molecule has 0 aliphatic rings. The van der Waals surface area contributed by atoms with Gasteiger partial charge in [-0.2, -0.15) is 0 Å². The molecule has 0 bridgehead atoms. The fraction of sp³-hybridized carbons (Fsp3) is 0.400. The number of allylic oxidation sites excluding steroid dienone is 3. The standard InChI is InChI=1S/C15H19NO/c1-4-5-6-7-8-9-10-11-12-15(17)16-13-14(2)3/h1,9-12,14H,7-8,13H2,2-3H3,(H,16,17)/b10-9-,12-11-. The Morgan fingerprint density at radius 2 is 2.18 bits per heavy atom. The Balaban J connectivity index is 3.68. The Morgan fingerprint density at radius 3 is 2.82 bits per heavy atom. The van der Waals surface area contributed by atoms with Gasteiger partial charge in [0.1, 0.15) is 0 Å². The van der Waals surface area contributed by atoms with Crippen LogP contribution in [0.5, 0.6) is 0 Å². The predicted molar refractivity (Wildman–Crippen MR) is 72.0 cm³/mol. The summed E-state index contributed by atoms with van der Waals surface area (Å²) in [5, 5.41) is 2.80. The molecule has 0 aliphatic heterocycles. The van der Waals surface area contributed by atoms with E-state index in [4.69, 9.17) is 6.42 Å². The first-order valence-corrected chi connectivity index (χ1v) is 5.71. The number of amides is 1. The molecule has 0 aromatic carbocycles. The van der Waals surface area contributed by atoms with Crippen LogP contribution in [0.15, 0.2) is 24.3 Å². The topological polar surface area (TPSA) is 29.1 Å². The van der Waals surface area contributed by atoms with Crippen LogP contribution in [0.3, 0.4) is 0 Å². The van der Waals surface area contributed by atoms with E-state index in [1.165, 1.54) is 6.08 Å². The van der Waals surface area contributed by atoms with Gasteiger partial charge in [0.05, 0.1) is 0 Å². The van der Waals surface area contributed by atoms with Crippen molar-refractivity contribution in [3.8, 4) is 24.2 Å². The van der Waals surface area contributed by atoms with E-state index >= 15 is 0 Å². The first-order chi connectivity index (χ1) is 8.16. The highest BCUT2D eigenvalue weighted by molar-refractivity contribution is 5.87. The maximum Gasteiger partial charge on any atom is 0.243 e. The molecule has 0 rings (SSSR count). The molecule has 2 nitrogen and oxygen atoms in total. The molecule has 1 amide bonds. The Bertz CT molecular complexity index is 372. The zero-order valence-corrected chi connectivity index (χ0v) is 10.5. The summed E-state index contributed by atoms with van der Waals surface area (Å²) in [6, 6.07) is 0. The molecule has 0 heterocycles. The molecule has 90 valence electrons. The monoisotopic (exact) mass is 229 g/mol. The van der Waals surface area contributed by atoms with Gasteiger partial charge in [0.25, 0.3) is 0 Å². The summed E-state index contributed by atoms with van der Waals surface area (Å²) in [6.07, 6.45) is 13.6. The van der Waals surface area contributed by atoms with Gasteiger partial charge in [-0.15, -0.1) is 6.42 Å². The second kappa shape index (κ2) is 10.6. The van der Waals surface area contributed by atoms with E-state index in [9.17, 15) is 4.79 Å². The lowest BCUT2D eigenvalue weighted by Gasteiger charge is -2.03. The summed E-state index contributed by atoms with van der Waals surface area (Å²) >= 11 is 0. The molecule has 0 saturated carbocycles. The first-order valence-electron chi connectivity index (χ1n) is 5.71. The lowest BCUT2D eigenvalue weighted by molar-refractivity contribution is -0.116.